The number of thioether (sulfide) groups is 1. The second kappa shape index (κ2) is 13.0. The Morgan fingerprint density at radius 1 is 0.978 bits per heavy atom. The SMILES string of the molecule is CC(C)(C)[C@H](CC(=O)CC1(Sc2ccccc2)CCCCC1)C(=O)N1CC2[C@@H]([C@H]1C(=O)CC(CC1CC1)C(=O)C(N)=O)C2(C)C. The number of carbonyl (C=O) groups is 5. The first-order chi connectivity index (χ1) is 21.1. The second-order valence-corrected chi connectivity index (χ2v) is 17.7. The normalized spacial score (nSPS) is 26.4. The first-order valence-electron chi connectivity index (χ1n) is 17.1. The van der Waals surface area contributed by atoms with Crippen molar-refractivity contribution in [1.29, 1.82) is 0 Å². The molecule has 1 aromatic rings. The van der Waals surface area contributed by atoms with Gasteiger partial charge >= 0.3 is 0 Å². The van der Waals surface area contributed by atoms with E-state index in [2.05, 4.69) is 26.0 Å². The lowest BCUT2D eigenvalue weighted by Crippen LogP contribution is -2.51. The van der Waals surface area contributed by atoms with Crippen LogP contribution < -0.4 is 5.73 Å². The highest BCUT2D eigenvalue weighted by molar-refractivity contribution is 8.00. The monoisotopic (exact) mass is 636 g/mol. The third kappa shape index (κ3) is 7.58. The Balaban J connectivity index is 1.33. The summed E-state index contributed by atoms with van der Waals surface area (Å²) in [7, 11) is 0. The number of Topliss-reactive ketones (excluding diaryl/α,β-unsaturated/α-hetero) is 3. The molecule has 0 aromatic heterocycles. The van der Waals surface area contributed by atoms with E-state index in [1.807, 2.05) is 50.7 Å². The van der Waals surface area contributed by atoms with E-state index in [4.69, 9.17) is 5.73 Å². The molecule has 3 aliphatic carbocycles. The van der Waals surface area contributed by atoms with Gasteiger partial charge in [0.15, 0.2) is 5.78 Å². The topological polar surface area (TPSA) is 115 Å². The van der Waals surface area contributed by atoms with Crippen LogP contribution >= 0.6 is 11.8 Å². The van der Waals surface area contributed by atoms with Crippen molar-refractivity contribution < 1.29 is 24.0 Å². The third-order valence-electron chi connectivity index (χ3n) is 11.3. The summed E-state index contributed by atoms with van der Waals surface area (Å²) in [4.78, 5) is 69.9. The molecule has 2 N–H and O–H groups in total. The van der Waals surface area contributed by atoms with Gasteiger partial charge in [-0.3, -0.25) is 24.0 Å². The lowest BCUT2D eigenvalue weighted by molar-refractivity contribution is -0.148. The van der Waals surface area contributed by atoms with Crippen LogP contribution in [0.5, 0.6) is 0 Å². The highest BCUT2D eigenvalue weighted by Gasteiger charge is 2.69. The number of fused-ring (bicyclic) bond motifs is 1. The highest BCUT2D eigenvalue weighted by Crippen LogP contribution is 2.65. The minimum absolute atomic E-state index is 0.0169. The second-order valence-electron chi connectivity index (χ2n) is 16.2. The molecule has 2 unspecified atom stereocenters. The number of hydrogen-bond acceptors (Lipinski definition) is 6. The zero-order chi connectivity index (χ0) is 32.7. The van der Waals surface area contributed by atoms with E-state index < -0.39 is 35.0 Å². The van der Waals surface area contributed by atoms with E-state index in [0.29, 0.717) is 25.3 Å². The number of likely N-dealkylation sites (tertiary alicyclic amines) is 1. The molecule has 1 saturated heterocycles. The Kier molecular flexibility index (Phi) is 9.76. The number of ketones is 3. The molecule has 4 fully saturated rings. The van der Waals surface area contributed by atoms with Gasteiger partial charge in [0.2, 0.25) is 11.7 Å². The molecule has 8 heteroatoms. The van der Waals surface area contributed by atoms with E-state index in [1.165, 1.54) is 11.3 Å². The summed E-state index contributed by atoms with van der Waals surface area (Å²) in [6, 6.07) is 9.65. The smallest absolute Gasteiger partial charge is 0.285 e. The summed E-state index contributed by atoms with van der Waals surface area (Å²) in [6.07, 6.45) is 8.37. The molecular formula is C37H52N2O5S. The number of benzene rings is 1. The van der Waals surface area contributed by atoms with Crippen LogP contribution in [0.3, 0.4) is 0 Å². The molecule has 1 aliphatic heterocycles. The van der Waals surface area contributed by atoms with Crippen molar-refractivity contribution in [2.75, 3.05) is 6.54 Å². The van der Waals surface area contributed by atoms with E-state index in [0.717, 1.165) is 38.5 Å². The summed E-state index contributed by atoms with van der Waals surface area (Å²) < 4.78 is -0.163. The Bertz CT molecular complexity index is 1310. The van der Waals surface area contributed by atoms with Gasteiger partial charge in [0.25, 0.3) is 5.91 Å². The van der Waals surface area contributed by atoms with Crippen LogP contribution in [0.15, 0.2) is 35.2 Å². The minimum atomic E-state index is -0.995. The number of nitrogens with two attached hydrogens (primary N) is 1. The maximum absolute atomic E-state index is 14.5. The van der Waals surface area contributed by atoms with Gasteiger partial charge < -0.3 is 10.6 Å². The predicted octanol–water partition coefficient (Wildman–Crippen LogP) is 6.41. The van der Waals surface area contributed by atoms with Crippen molar-refractivity contribution in [2.24, 2.45) is 46.2 Å². The van der Waals surface area contributed by atoms with Crippen molar-refractivity contribution in [3.8, 4) is 0 Å². The molecule has 4 aliphatic rings. The quantitative estimate of drug-likeness (QED) is 0.236. The lowest BCUT2D eigenvalue weighted by atomic mass is 9.75. The van der Waals surface area contributed by atoms with E-state index >= 15 is 0 Å². The number of hydrogen-bond donors (Lipinski definition) is 1. The van der Waals surface area contributed by atoms with Crippen LogP contribution in [0.1, 0.15) is 105 Å². The third-order valence-corrected chi connectivity index (χ3v) is 12.8. The number of primary amides is 1. The molecule has 2 amide bonds. The molecule has 1 aromatic carbocycles. The van der Waals surface area contributed by atoms with Gasteiger partial charge in [-0.05, 0) is 60.0 Å². The fourth-order valence-corrected chi connectivity index (χ4v) is 9.88. The van der Waals surface area contributed by atoms with Crippen molar-refractivity contribution in [2.45, 2.75) is 121 Å². The van der Waals surface area contributed by atoms with Crippen LogP contribution in [0.25, 0.3) is 0 Å². The van der Waals surface area contributed by atoms with Crippen LogP contribution in [0, 0.1) is 40.4 Å². The Hall–Kier alpha value is -2.48. The minimum Gasteiger partial charge on any atom is -0.363 e. The van der Waals surface area contributed by atoms with Gasteiger partial charge in [0.1, 0.15) is 5.78 Å². The van der Waals surface area contributed by atoms with E-state index in [-0.39, 0.29) is 52.3 Å². The van der Waals surface area contributed by atoms with Gasteiger partial charge in [-0.1, -0.05) is 84.9 Å². The maximum Gasteiger partial charge on any atom is 0.285 e. The fraction of sp³-hybridized carbons (Fsp3) is 0.703. The van der Waals surface area contributed by atoms with Crippen molar-refractivity contribution in [3.05, 3.63) is 30.3 Å². The summed E-state index contributed by atoms with van der Waals surface area (Å²) in [5.41, 5.74) is 4.81. The van der Waals surface area contributed by atoms with Gasteiger partial charge in [-0.15, -0.1) is 11.8 Å². The Morgan fingerprint density at radius 3 is 2.20 bits per heavy atom. The van der Waals surface area contributed by atoms with E-state index in [1.54, 1.807) is 4.90 Å². The molecule has 0 bridgehead atoms. The number of carbonyl (C=O) groups excluding carboxylic acids is 5. The average molecular weight is 637 g/mol. The van der Waals surface area contributed by atoms with Gasteiger partial charge in [-0.25, -0.2) is 0 Å². The van der Waals surface area contributed by atoms with Crippen molar-refractivity contribution in [1.82, 2.24) is 4.90 Å². The fourth-order valence-electron chi connectivity index (χ4n) is 8.36. The molecule has 7 nitrogen and oxygen atoms in total. The first-order valence-corrected chi connectivity index (χ1v) is 17.9. The van der Waals surface area contributed by atoms with Crippen LogP contribution in [-0.4, -0.2) is 51.4 Å². The molecule has 246 valence electrons. The Labute approximate surface area is 273 Å². The molecule has 1 heterocycles. The van der Waals surface area contributed by atoms with Crippen LogP contribution in [0.2, 0.25) is 0 Å². The maximum atomic E-state index is 14.5. The van der Waals surface area contributed by atoms with Gasteiger partial charge in [-0.2, -0.15) is 0 Å². The van der Waals surface area contributed by atoms with Crippen LogP contribution in [0.4, 0.5) is 0 Å². The number of piperidine rings is 1. The zero-order valence-corrected chi connectivity index (χ0v) is 28.6. The predicted molar refractivity (Wildman–Crippen MR) is 176 cm³/mol. The first kappa shape index (κ1) is 33.9. The number of amides is 2. The van der Waals surface area contributed by atoms with Gasteiger partial charge in [0, 0.05) is 47.3 Å². The number of rotatable bonds is 14. The zero-order valence-electron chi connectivity index (χ0n) is 27.8. The Morgan fingerprint density at radius 2 is 1.62 bits per heavy atom. The highest BCUT2D eigenvalue weighted by atomic mass is 32.2. The lowest BCUT2D eigenvalue weighted by Gasteiger charge is -2.39. The standard InChI is InChI=1S/C37H52N2O5S/c1-35(2,3)27(20-25(40)21-37(16-10-7-11-17-37)45-26-12-8-6-9-13-26)34(44)39-22-28-30(36(28,4)5)31(39)29(41)19-24(18-23-14-15-23)32(42)33(38)43/h6,8-9,12-13,23-24,27-28,30-31H,7,10-11,14-22H2,1-5H3,(H2,38,43)/t24?,27-,28?,30+,31-/m1/s1. The average Bonchev–Trinajstić information content (AvgIpc) is 3.82. The summed E-state index contributed by atoms with van der Waals surface area (Å²) in [5.74, 6) is -2.57. The summed E-state index contributed by atoms with van der Waals surface area (Å²) in [5, 5.41) is 0. The van der Waals surface area contributed by atoms with Crippen LogP contribution in [-0.2, 0) is 24.0 Å². The van der Waals surface area contributed by atoms with Crippen molar-refractivity contribution in [3.63, 3.8) is 0 Å². The molecule has 5 rings (SSSR count). The molecular weight excluding hydrogens is 584 g/mol. The largest absolute Gasteiger partial charge is 0.363 e. The molecule has 45 heavy (non-hydrogen) atoms. The molecule has 3 saturated carbocycles. The number of nitrogens with zero attached hydrogens (tertiary/aromatic N) is 1. The summed E-state index contributed by atoms with van der Waals surface area (Å²) in [6.45, 7) is 10.8. The molecule has 0 radical (unpaired) electrons. The van der Waals surface area contributed by atoms with Crippen molar-refractivity contribution >= 4 is 40.9 Å². The van der Waals surface area contributed by atoms with E-state index in [9.17, 15) is 24.0 Å². The summed E-state index contributed by atoms with van der Waals surface area (Å²) >= 11 is 1.82. The van der Waals surface area contributed by atoms with Gasteiger partial charge in [0.05, 0.1) is 6.04 Å². The molecule has 5 atom stereocenters. The molecule has 0 spiro atoms.